The molecular formula is C15H27N3. The van der Waals surface area contributed by atoms with Gasteiger partial charge in [-0.05, 0) is 45.4 Å². The normalized spacial score (nSPS) is 24.2. The number of hydrogen-bond donors (Lipinski definition) is 1. The highest BCUT2D eigenvalue weighted by atomic mass is 15.2. The summed E-state index contributed by atoms with van der Waals surface area (Å²) in [4.78, 5) is 4.58. The second kappa shape index (κ2) is 6.26. The summed E-state index contributed by atoms with van der Waals surface area (Å²) in [5.74, 6) is 2.04. The maximum absolute atomic E-state index is 4.58. The molecule has 0 unspecified atom stereocenters. The first kappa shape index (κ1) is 13.4. The Morgan fingerprint density at radius 1 is 1.28 bits per heavy atom. The summed E-state index contributed by atoms with van der Waals surface area (Å²) in [6, 6.07) is 0.630. The molecule has 1 aliphatic rings. The topological polar surface area (TPSA) is 29.9 Å². The molecule has 0 aromatic carbocycles. The van der Waals surface area contributed by atoms with Gasteiger partial charge < -0.3 is 9.88 Å². The molecule has 1 N–H and O–H groups in total. The molecule has 3 nitrogen and oxygen atoms in total. The van der Waals surface area contributed by atoms with E-state index >= 15 is 0 Å². The van der Waals surface area contributed by atoms with E-state index in [0.717, 1.165) is 24.1 Å². The average molecular weight is 249 g/mol. The molecule has 1 heterocycles. The monoisotopic (exact) mass is 249 g/mol. The minimum Gasteiger partial charge on any atom is -0.353 e. The zero-order valence-electron chi connectivity index (χ0n) is 12.1. The first-order chi connectivity index (χ1) is 8.72. The van der Waals surface area contributed by atoms with Crippen LogP contribution in [0.25, 0.3) is 0 Å². The van der Waals surface area contributed by atoms with E-state index in [1.165, 1.54) is 38.5 Å². The third kappa shape index (κ3) is 3.27. The molecule has 3 heteroatoms. The number of nitrogens with one attached hydrogen (secondary N) is 1. The van der Waals surface area contributed by atoms with Crippen molar-refractivity contribution >= 4 is 5.95 Å². The standard InChI is InChI=1S/C15H27N3/c1-4-6-13-7-9-14(10-8-13)17-15-16-12(3)11-18(15)5-2/h11,13-14H,4-10H2,1-3H3,(H,16,17). The van der Waals surface area contributed by atoms with Gasteiger partial charge in [0.1, 0.15) is 0 Å². The quantitative estimate of drug-likeness (QED) is 0.855. The van der Waals surface area contributed by atoms with E-state index in [1.54, 1.807) is 0 Å². The first-order valence-corrected chi connectivity index (χ1v) is 7.53. The van der Waals surface area contributed by atoms with Gasteiger partial charge in [0.25, 0.3) is 0 Å². The molecule has 0 bridgehead atoms. The summed E-state index contributed by atoms with van der Waals surface area (Å²) >= 11 is 0. The molecule has 1 fully saturated rings. The van der Waals surface area contributed by atoms with Gasteiger partial charge in [0.05, 0.1) is 5.69 Å². The number of imidazole rings is 1. The predicted octanol–water partition coefficient (Wildman–Crippen LogP) is 3.98. The Morgan fingerprint density at radius 3 is 2.61 bits per heavy atom. The number of rotatable bonds is 5. The smallest absolute Gasteiger partial charge is 0.203 e. The van der Waals surface area contributed by atoms with Crippen LogP contribution in [0.3, 0.4) is 0 Å². The summed E-state index contributed by atoms with van der Waals surface area (Å²) in [7, 11) is 0. The third-order valence-electron chi connectivity index (χ3n) is 4.11. The van der Waals surface area contributed by atoms with Crippen LogP contribution < -0.4 is 5.32 Å². The van der Waals surface area contributed by atoms with Crippen molar-refractivity contribution in [3.05, 3.63) is 11.9 Å². The Hall–Kier alpha value is -0.990. The number of hydrogen-bond acceptors (Lipinski definition) is 2. The molecule has 102 valence electrons. The summed E-state index contributed by atoms with van der Waals surface area (Å²) in [6.07, 6.45) is 10.3. The highest BCUT2D eigenvalue weighted by molar-refractivity contribution is 5.30. The van der Waals surface area contributed by atoms with Crippen molar-refractivity contribution in [2.24, 2.45) is 5.92 Å². The molecule has 1 aromatic rings. The van der Waals surface area contributed by atoms with Crippen LogP contribution >= 0.6 is 0 Å². The van der Waals surface area contributed by atoms with Crippen LogP contribution in [0.15, 0.2) is 6.20 Å². The van der Waals surface area contributed by atoms with E-state index in [0.29, 0.717) is 6.04 Å². The van der Waals surface area contributed by atoms with Crippen LogP contribution in [0.1, 0.15) is 58.1 Å². The maximum atomic E-state index is 4.58. The van der Waals surface area contributed by atoms with Crippen LogP contribution in [0, 0.1) is 12.8 Å². The molecule has 0 amide bonds. The molecule has 1 saturated carbocycles. The fourth-order valence-electron chi connectivity index (χ4n) is 3.09. The lowest BCUT2D eigenvalue weighted by atomic mass is 9.83. The minimum absolute atomic E-state index is 0.630. The second-order valence-corrected chi connectivity index (χ2v) is 5.64. The van der Waals surface area contributed by atoms with E-state index in [1.807, 2.05) is 0 Å². The maximum Gasteiger partial charge on any atom is 0.203 e. The van der Waals surface area contributed by atoms with Crippen LogP contribution in [-0.4, -0.2) is 15.6 Å². The zero-order valence-corrected chi connectivity index (χ0v) is 12.1. The molecular weight excluding hydrogens is 222 g/mol. The molecule has 0 atom stereocenters. The number of anilines is 1. The van der Waals surface area contributed by atoms with E-state index in [9.17, 15) is 0 Å². The predicted molar refractivity (Wildman–Crippen MR) is 76.9 cm³/mol. The van der Waals surface area contributed by atoms with Crippen molar-refractivity contribution in [1.29, 1.82) is 0 Å². The third-order valence-corrected chi connectivity index (χ3v) is 4.11. The zero-order chi connectivity index (χ0) is 13.0. The fourth-order valence-corrected chi connectivity index (χ4v) is 3.09. The van der Waals surface area contributed by atoms with Crippen molar-refractivity contribution in [2.75, 3.05) is 5.32 Å². The lowest BCUT2D eigenvalue weighted by Gasteiger charge is -2.29. The van der Waals surface area contributed by atoms with Crippen LogP contribution in [0.4, 0.5) is 5.95 Å². The SMILES string of the molecule is CCCC1CCC(Nc2nc(C)cn2CC)CC1. The molecule has 2 rings (SSSR count). The van der Waals surface area contributed by atoms with Crippen LogP contribution in [0.2, 0.25) is 0 Å². The molecule has 0 spiro atoms. The van der Waals surface area contributed by atoms with Gasteiger partial charge in [-0.2, -0.15) is 0 Å². The summed E-state index contributed by atoms with van der Waals surface area (Å²) in [5, 5.41) is 3.64. The highest BCUT2D eigenvalue weighted by Gasteiger charge is 2.21. The van der Waals surface area contributed by atoms with E-state index in [-0.39, 0.29) is 0 Å². The van der Waals surface area contributed by atoms with Gasteiger partial charge in [-0.25, -0.2) is 4.98 Å². The lowest BCUT2D eigenvalue weighted by Crippen LogP contribution is -2.27. The number of aromatic nitrogens is 2. The van der Waals surface area contributed by atoms with E-state index in [2.05, 4.69) is 41.8 Å². The Kier molecular flexibility index (Phi) is 4.67. The summed E-state index contributed by atoms with van der Waals surface area (Å²) in [5.41, 5.74) is 1.11. The Balaban J connectivity index is 1.87. The Labute approximate surface area is 111 Å². The van der Waals surface area contributed by atoms with Gasteiger partial charge in [-0.15, -0.1) is 0 Å². The lowest BCUT2D eigenvalue weighted by molar-refractivity contribution is 0.318. The van der Waals surface area contributed by atoms with Gasteiger partial charge in [-0.1, -0.05) is 19.8 Å². The van der Waals surface area contributed by atoms with Crippen LogP contribution in [-0.2, 0) is 6.54 Å². The molecule has 0 radical (unpaired) electrons. The minimum atomic E-state index is 0.630. The molecule has 0 aliphatic heterocycles. The van der Waals surface area contributed by atoms with E-state index in [4.69, 9.17) is 0 Å². The number of aryl methyl sites for hydroxylation is 2. The van der Waals surface area contributed by atoms with Crippen molar-refractivity contribution in [1.82, 2.24) is 9.55 Å². The van der Waals surface area contributed by atoms with Gasteiger partial charge >= 0.3 is 0 Å². The first-order valence-electron chi connectivity index (χ1n) is 7.53. The average Bonchev–Trinajstić information content (AvgIpc) is 2.72. The molecule has 1 aliphatic carbocycles. The Morgan fingerprint density at radius 2 is 2.00 bits per heavy atom. The van der Waals surface area contributed by atoms with Crippen LogP contribution in [0.5, 0.6) is 0 Å². The van der Waals surface area contributed by atoms with Gasteiger partial charge in [0.15, 0.2) is 0 Å². The summed E-state index contributed by atoms with van der Waals surface area (Å²) < 4.78 is 2.22. The van der Waals surface area contributed by atoms with Crippen molar-refractivity contribution in [3.63, 3.8) is 0 Å². The molecule has 18 heavy (non-hydrogen) atoms. The summed E-state index contributed by atoms with van der Waals surface area (Å²) in [6.45, 7) is 7.53. The Bertz CT molecular complexity index is 362. The van der Waals surface area contributed by atoms with Gasteiger partial charge in [0, 0.05) is 18.8 Å². The van der Waals surface area contributed by atoms with Crippen molar-refractivity contribution in [2.45, 2.75) is 71.9 Å². The van der Waals surface area contributed by atoms with Gasteiger partial charge in [-0.3, -0.25) is 0 Å². The van der Waals surface area contributed by atoms with E-state index < -0.39 is 0 Å². The largest absolute Gasteiger partial charge is 0.353 e. The second-order valence-electron chi connectivity index (χ2n) is 5.64. The molecule has 1 aromatic heterocycles. The highest BCUT2D eigenvalue weighted by Crippen LogP contribution is 2.29. The molecule has 0 saturated heterocycles. The van der Waals surface area contributed by atoms with Crippen molar-refractivity contribution < 1.29 is 0 Å². The van der Waals surface area contributed by atoms with Crippen molar-refractivity contribution in [3.8, 4) is 0 Å². The van der Waals surface area contributed by atoms with Gasteiger partial charge in [0.2, 0.25) is 5.95 Å². The fraction of sp³-hybridized carbons (Fsp3) is 0.800. The number of nitrogens with zero attached hydrogens (tertiary/aromatic N) is 2.